The molecule has 0 fully saturated rings. The SMILES string of the molecule is Cc1ccc(C)c(OCCCC(C)(C)C(=O)Nc2cccc(NC(=O)c3ccc(C(C)(C)C)cc3)c2)c1. The molecule has 3 aromatic rings. The van der Waals surface area contributed by atoms with Gasteiger partial charge in [-0.2, -0.15) is 0 Å². The number of carbonyl (C=O) groups is 2. The predicted molar refractivity (Wildman–Crippen MR) is 153 cm³/mol. The van der Waals surface area contributed by atoms with Gasteiger partial charge in [0.2, 0.25) is 5.91 Å². The zero-order chi connectivity index (χ0) is 27.2. The zero-order valence-corrected chi connectivity index (χ0v) is 23.2. The maximum Gasteiger partial charge on any atom is 0.255 e. The van der Waals surface area contributed by atoms with Crippen LogP contribution in [0, 0.1) is 19.3 Å². The van der Waals surface area contributed by atoms with Crippen LogP contribution in [-0.2, 0) is 10.2 Å². The van der Waals surface area contributed by atoms with Gasteiger partial charge in [0.25, 0.3) is 5.91 Å². The summed E-state index contributed by atoms with van der Waals surface area (Å²) in [6, 6.07) is 21.1. The molecule has 196 valence electrons. The van der Waals surface area contributed by atoms with Crippen LogP contribution in [0.1, 0.15) is 74.5 Å². The lowest BCUT2D eigenvalue weighted by Gasteiger charge is -2.24. The molecule has 0 spiro atoms. The van der Waals surface area contributed by atoms with Gasteiger partial charge in [0.05, 0.1) is 6.61 Å². The summed E-state index contributed by atoms with van der Waals surface area (Å²) in [5, 5.41) is 5.93. The summed E-state index contributed by atoms with van der Waals surface area (Å²) in [5.74, 6) is 0.639. The predicted octanol–water partition coefficient (Wildman–Crippen LogP) is 7.68. The highest BCUT2D eigenvalue weighted by atomic mass is 16.5. The molecule has 2 amide bonds. The molecule has 0 saturated heterocycles. The smallest absolute Gasteiger partial charge is 0.255 e. The summed E-state index contributed by atoms with van der Waals surface area (Å²) >= 11 is 0. The molecule has 0 aliphatic carbocycles. The van der Waals surface area contributed by atoms with Gasteiger partial charge in [-0.3, -0.25) is 9.59 Å². The Hall–Kier alpha value is -3.60. The molecule has 0 aliphatic rings. The van der Waals surface area contributed by atoms with Crippen molar-refractivity contribution in [1.29, 1.82) is 0 Å². The molecule has 3 aromatic carbocycles. The van der Waals surface area contributed by atoms with Crippen molar-refractivity contribution in [2.75, 3.05) is 17.2 Å². The fraction of sp³-hybridized carbons (Fsp3) is 0.375. The molecule has 0 aliphatic heterocycles. The third-order valence-corrected chi connectivity index (χ3v) is 6.55. The Labute approximate surface area is 221 Å². The molecule has 0 aromatic heterocycles. The average Bonchev–Trinajstić information content (AvgIpc) is 2.83. The Kier molecular flexibility index (Phi) is 8.80. The average molecular weight is 501 g/mol. The van der Waals surface area contributed by atoms with Gasteiger partial charge < -0.3 is 15.4 Å². The van der Waals surface area contributed by atoms with Gasteiger partial charge >= 0.3 is 0 Å². The van der Waals surface area contributed by atoms with Crippen molar-refractivity contribution in [3.63, 3.8) is 0 Å². The number of carbonyl (C=O) groups excluding carboxylic acids is 2. The molecule has 0 atom stereocenters. The van der Waals surface area contributed by atoms with E-state index in [1.165, 1.54) is 5.56 Å². The Bertz CT molecular complexity index is 1240. The van der Waals surface area contributed by atoms with E-state index in [1.54, 1.807) is 6.07 Å². The number of benzene rings is 3. The van der Waals surface area contributed by atoms with Gasteiger partial charge in [-0.25, -0.2) is 0 Å². The molecule has 0 heterocycles. The van der Waals surface area contributed by atoms with Crippen LogP contribution in [-0.4, -0.2) is 18.4 Å². The number of amides is 2. The normalized spacial score (nSPS) is 11.6. The minimum Gasteiger partial charge on any atom is -0.493 e. The summed E-state index contributed by atoms with van der Waals surface area (Å²) in [6.07, 6.45) is 1.45. The van der Waals surface area contributed by atoms with Crippen LogP contribution < -0.4 is 15.4 Å². The first-order valence-electron chi connectivity index (χ1n) is 12.9. The van der Waals surface area contributed by atoms with Gasteiger partial charge in [-0.15, -0.1) is 0 Å². The van der Waals surface area contributed by atoms with Gasteiger partial charge in [-0.1, -0.05) is 65.0 Å². The monoisotopic (exact) mass is 500 g/mol. The Balaban J connectivity index is 1.54. The first-order valence-corrected chi connectivity index (χ1v) is 12.9. The van der Waals surface area contributed by atoms with Crippen molar-refractivity contribution in [2.24, 2.45) is 5.41 Å². The van der Waals surface area contributed by atoms with Crippen LogP contribution in [0.3, 0.4) is 0 Å². The second-order valence-corrected chi connectivity index (χ2v) is 11.4. The Morgan fingerprint density at radius 3 is 2.11 bits per heavy atom. The molecule has 0 saturated carbocycles. The highest BCUT2D eigenvalue weighted by molar-refractivity contribution is 6.04. The molecule has 0 unspecified atom stereocenters. The molecular weight excluding hydrogens is 460 g/mol. The van der Waals surface area contributed by atoms with Gasteiger partial charge in [0.1, 0.15) is 5.75 Å². The summed E-state index contributed by atoms with van der Waals surface area (Å²) in [5.41, 5.74) is 4.77. The van der Waals surface area contributed by atoms with E-state index >= 15 is 0 Å². The summed E-state index contributed by atoms with van der Waals surface area (Å²) < 4.78 is 5.95. The molecule has 2 N–H and O–H groups in total. The molecule has 0 bridgehead atoms. The van der Waals surface area contributed by atoms with Crippen molar-refractivity contribution in [3.05, 3.63) is 89.0 Å². The number of nitrogens with one attached hydrogen (secondary N) is 2. The lowest BCUT2D eigenvalue weighted by molar-refractivity contribution is -0.124. The van der Waals surface area contributed by atoms with Crippen LogP contribution in [0.5, 0.6) is 5.75 Å². The number of ether oxygens (including phenoxy) is 1. The largest absolute Gasteiger partial charge is 0.493 e. The molecule has 37 heavy (non-hydrogen) atoms. The van der Waals surface area contributed by atoms with Gasteiger partial charge in [-0.05, 0) is 85.2 Å². The molecular formula is C32H40N2O3. The van der Waals surface area contributed by atoms with Crippen LogP contribution in [0.4, 0.5) is 11.4 Å². The van der Waals surface area contributed by atoms with Crippen LogP contribution in [0.15, 0.2) is 66.7 Å². The summed E-state index contributed by atoms with van der Waals surface area (Å²) in [4.78, 5) is 25.8. The summed E-state index contributed by atoms with van der Waals surface area (Å²) in [6.45, 7) is 14.9. The third-order valence-electron chi connectivity index (χ3n) is 6.55. The second kappa shape index (κ2) is 11.6. The van der Waals surface area contributed by atoms with Crippen molar-refractivity contribution < 1.29 is 14.3 Å². The minimum atomic E-state index is -0.570. The fourth-order valence-electron chi connectivity index (χ4n) is 3.97. The lowest BCUT2D eigenvalue weighted by atomic mass is 9.86. The van der Waals surface area contributed by atoms with E-state index in [-0.39, 0.29) is 17.2 Å². The zero-order valence-electron chi connectivity index (χ0n) is 23.2. The van der Waals surface area contributed by atoms with Crippen LogP contribution >= 0.6 is 0 Å². The van der Waals surface area contributed by atoms with E-state index in [1.807, 2.05) is 76.2 Å². The van der Waals surface area contributed by atoms with Crippen molar-refractivity contribution in [3.8, 4) is 5.75 Å². The lowest BCUT2D eigenvalue weighted by Crippen LogP contribution is -2.31. The highest BCUT2D eigenvalue weighted by Crippen LogP contribution is 2.27. The van der Waals surface area contributed by atoms with Gasteiger partial charge in [0.15, 0.2) is 0 Å². The van der Waals surface area contributed by atoms with Crippen molar-refractivity contribution >= 4 is 23.2 Å². The number of anilines is 2. The number of aryl methyl sites for hydroxylation is 2. The van der Waals surface area contributed by atoms with E-state index in [0.717, 1.165) is 23.3 Å². The topological polar surface area (TPSA) is 67.4 Å². The number of hydrogen-bond donors (Lipinski definition) is 2. The summed E-state index contributed by atoms with van der Waals surface area (Å²) in [7, 11) is 0. The standard InChI is InChI=1S/C32H40N2O3/c1-22-12-13-23(2)28(20-22)37-19-9-18-32(6,7)30(36)34-27-11-8-10-26(21-27)33-29(35)24-14-16-25(17-15-24)31(3,4)5/h8,10-17,20-21H,9,18-19H2,1-7H3,(H,33,35)(H,34,36). The number of hydrogen-bond acceptors (Lipinski definition) is 3. The molecule has 5 nitrogen and oxygen atoms in total. The van der Waals surface area contributed by atoms with E-state index in [9.17, 15) is 9.59 Å². The molecule has 5 heteroatoms. The number of rotatable bonds is 9. The maximum atomic E-state index is 13.0. The van der Waals surface area contributed by atoms with Crippen molar-refractivity contribution in [1.82, 2.24) is 0 Å². The van der Waals surface area contributed by atoms with Crippen LogP contribution in [0.2, 0.25) is 0 Å². The Morgan fingerprint density at radius 1 is 0.811 bits per heavy atom. The first kappa shape index (κ1) is 28.0. The molecule has 3 rings (SSSR count). The highest BCUT2D eigenvalue weighted by Gasteiger charge is 2.27. The van der Waals surface area contributed by atoms with Gasteiger partial charge in [0, 0.05) is 22.4 Å². The Morgan fingerprint density at radius 2 is 1.46 bits per heavy atom. The van der Waals surface area contributed by atoms with E-state index in [2.05, 4.69) is 43.5 Å². The van der Waals surface area contributed by atoms with Crippen molar-refractivity contribution in [2.45, 2.75) is 66.7 Å². The maximum absolute atomic E-state index is 13.0. The molecule has 0 radical (unpaired) electrons. The van der Waals surface area contributed by atoms with E-state index < -0.39 is 5.41 Å². The second-order valence-electron chi connectivity index (χ2n) is 11.4. The third kappa shape index (κ3) is 7.94. The quantitative estimate of drug-likeness (QED) is 0.296. The van der Waals surface area contributed by atoms with E-state index in [4.69, 9.17) is 4.74 Å². The van der Waals surface area contributed by atoms with E-state index in [0.29, 0.717) is 30.0 Å². The first-order chi connectivity index (χ1) is 17.3. The fourth-order valence-corrected chi connectivity index (χ4v) is 3.97. The minimum absolute atomic E-state index is 0.0302. The van der Waals surface area contributed by atoms with Crippen LogP contribution in [0.25, 0.3) is 0 Å².